The fourth-order valence-corrected chi connectivity index (χ4v) is 4.38. The number of sulfonamides is 1. The number of amides is 1. The lowest BCUT2D eigenvalue weighted by Crippen LogP contribution is -2.35. The number of aryl methyl sites for hydroxylation is 2. The van der Waals surface area contributed by atoms with Crippen molar-refractivity contribution in [2.75, 3.05) is 10.0 Å². The number of carbonyl (C=O) groups excluding carboxylic acids is 1. The van der Waals surface area contributed by atoms with Crippen LogP contribution in [-0.2, 0) is 23.5 Å². The molecule has 0 aliphatic carbocycles. The van der Waals surface area contributed by atoms with Gasteiger partial charge >= 0.3 is 0 Å². The Bertz CT molecular complexity index is 1140. The van der Waals surface area contributed by atoms with E-state index in [4.69, 9.17) is 12.2 Å². The van der Waals surface area contributed by atoms with Crippen LogP contribution in [0.1, 0.15) is 22.4 Å². The standard InChI is InChI=1S/C16H17N7O3S3/c1-3-13-20-21-16(28-13)22-29(25,26)11-6-4-10(5-7-11)18-15(27)19-14(24)12-8-9-17-23(12)2/h4-9H,3H2,1-2H3,(H,21,22)(H2,18,19,24,27). The van der Waals surface area contributed by atoms with E-state index in [0.29, 0.717) is 17.8 Å². The van der Waals surface area contributed by atoms with E-state index in [2.05, 4.69) is 30.7 Å². The minimum Gasteiger partial charge on any atom is -0.332 e. The summed E-state index contributed by atoms with van der Waals surface area (Å²) in [6.07, 6.45) is 2.18. The molecule has 0 saturated heterocycles. The molecule has 3 N–H and O–H groups in total. The van der Waals surface area contributed by atoms with Gasteiger partial charge in [0.1, 0.15) is 10.7 Å². The third-order valence-electron chi connectivity index (χ3n) is 3.69. The Morgan fingerprint density at radius 1 is 1.21 bits per heavy atom. The number of carbonyl (C=O) groups is 1. The predicted molar refractivity (Wildman–Crippen MR) is 113 cm³/mol. The molecule has 0 unspecified atom stereocenters. The van der Waals surface area contributed by atoms with Gasteiger partial charge in [0, 0.05) is 18.9 Å². The first-order valence-electron chi connectivity index (χ1n) is 8.34. The Hall–Kier alpha value is -2.90. The number of anilines is 2. The molecule has 0 radical (unpaired) electrons. The zero-order valence-corrected chi connectivity index (χ0v) is 17.9. The van der Waals surface area contributed by atoms with Crippen LogP contribution in [0.3, 0.4) is 0 Å². The molecule has 2 aromatic heterocycles. The summed E-state index contributed by atoms with van der Waals surface area (Å²) in [6, 6.07) is 7.46. The minimum atomic E-state index is -3.79. The molecule has 2 heterocycles. The molecule has 0 spiro atoms. The largest absolute Gasteiger partial charge is 0.332 e. The molecule has 13 heteroatoms. The van der Waals surface area contributed by atoms with Crippen LogP contribution in [0.15, 0.2) is 41.4 Å². The van der Waals surface area contributed by atoms with E-state index in [1.165, 1.54) is 46.5 Å². The van der Waals surface area contributed by atoms with E-state index >= 15 is 0 Å². The van der Waals surface area contributed by atoms with Gasteiger partial charge < -0.3 is 5.32 Å². The summed E-state index contributed by atoms with van der Waals surface area (Å²) < 4.78 is 28.7. The van der Waals surface area contributed by atoms with Crippen LogP contribution >= 0.6 is 23.6 Å². The van der Waals surface area contributed by atoms with E-state index in [1.807, 2.05) is 6.92 Å². The minimum absolute atomic E-state index is 0.0566. The summed E-state index contributed by atoms with van der Waals surface area (Å²) in [5.41, 5.74) is 0.869. The number of thiocarbonyl (C=S) groups is 1. The summed E-state index contributed by atoms with van der Waals surface area (Å²) in [5, 5.41) is 18.0. The molecule has 0 bridgehead atoms. The Kier molecular flexibility index (Phi) is 6.20. The van der Waals surface area contributed by atoms with Crippen LogP contribution < -0.4 is 15.4 Å². The maximum atomic E-state index is 12.5. The van der Waals surface area contributed by atoms with Gasteiger partial charge in [-0.15, -0.1) is 10.2 Å². The first kappa shape index (κ1) is 20.8. The lowest BCUT2D eigenvalue weighted by Gasteiger charge is -2.10. The zero-order valence-electron chi connectivity index (χ0n) is 15.4. The van der Waals surface area contributed by atoms with E-state index in [9.17, 15) is 13.2 Å². The van der Waals surface area contributed by atoms with Crippen molar-refractivity contribution in [2.45, 2.75) is 18.2 Å². The predicted octanol–water partition coefficient (Wildman–Crippen LogP) is 1.76. The van der Waals surface area contributed by atoms with Crippen molar-refractivity contribution in [3.63, 3.8) is 0 Å². The van der Waals surface area contributed by atoms with Gasteiger partial charge in [-0.2, -0.15) is 5.10 Å². The molecular weight excluding hydrogens is 434 g/mol. The van der Waals surface area contributed by atoms with Gasteiger partial charge in [-0.3, -0.25) is 19.5 Å². The van der Waals surface area contributed by atoms with Crippen LogP contribution in [0.5, 0.6) is 0 Å². The van der Waals surface area contributed by atoms with E-state index < -0.39 is 15.9 Å². The summed E-state index contributed by atoms with van der Waals surface area (Å²) in [6.45, 7) is 1.91. The molecule has 10 nitrogen and oxygen atoms in total. The molecule has 0 aliphatic heterocycles. The van der Waals surface area contributed by atoms with E-state index in [-0.39, 0.29) is 15.1 Å². The Morgan fingerprint density at radius 2 is 1.93 bits per heavy atom. The maximum Gasteiger partial charge on any atom is 0.275 e. The van der Waals surface area contributed by atoms with Gasteiger partial charge in [-0.1, -0.05) is 18.3 Å². The number of nitrogens with one attached hydrogen (secondary N) is 3. The molecule has 29 heavy (non-hydrogen) atoms. The van der Waals surface area contributed by atoms with Crippen molar-refractivity contribution in [3.8, 4) is 0 Å². The van der Waals surface area contributed by atoms with Crippen LogP contribution in [0.2, 0.25) is 0 Å². The highest BCUT2D eigenvalue weighted by Gasteiger charge is 2.17. The Morgan fingerprint density at radius 3 is 2.52 bits per heavy atom. The monoisotopic (exact) mass is 451 g/mol. The quantitative estimate of drug-likeness (QED) is 0.483. The van der Waals surface area contributed by atoms with Crippen molar-refractivity contribution in [3.05, 3.63) is 47.2 Å². The van der Waals surface area contributed by atoms with Gasteiger partial charge in [-0.25, -0.2) is 8.42 Å². The molecular formula is C16H17N7O3S3. The number of benzene rings is 1. The van der Waals surface area contributed by atoms with Crippen molar-refractivity contribution in [1.29, 1.82) is 0 Å². The molecule has 1 amide bonds. The first-order chi connectivity index (χ1) is 13.8. The molecule has 1 aromatic carbocycles. The van der Waals surface area contributed by atoms with E-state index in [0.717, 1.165) is 5.01 Å². The fraction of sp³-hybridized carbons (Fsp3) is 0.188. The average Bonchev–Trinajstić information content (AvgIpc) is 3.30. The van der Waals surface area contributed by atoms with Crippen LogP contribution in [-0.4, -0.2) is 39.4 Å². The third kappa shape index (κ3) is 5.13. The topological polar surface area (TPSA) is 131 Å². The van der Waals surface area contributed by atoms with Crippen LogP contribution in [0.4, 0.5) is 10.8 Å². The number of rotatable bonds is 6. The lowest BCUT2D eigenvalue weighted by molar-refractivity contribution is 0.0968. The van der Waals surface area contributed by atoms with E-state index in [1.54, 1.807) is 13.1 Å². The molecule has 0 atom stereocenters. The molecule has 3 aromatic rings. The summed E-state index contributed by atoms with van der Waals surface area (Å²) in [5.74, 6) is -0.408. The fourth-order valence-electron chi connectivity index (χ4n) is 2.26. The molecule has 0 fully saturated rings. The van der Waals surface area contributed by atoms with Crippen LogP contribution in [0, 0.1) is 0 Å². The smallest absolute Gasteiger partial charge is 0.275 e. The highest BCUT2D eigenvalue weighted by molar-refractivity contribution is 7.93. The van der Waals surface area contributed by atoms with Crippen molar-refractivity contribution in [1.82, 2.24) is 25.3 Å². The summed E-state index contributed by atoms with van der Waals surface area (Å²) in [4.78, 5) is 12.2. The highest BCUT2D eigenvalue weighted by atomic mass is 32.2. The van der Waals surface area contributed by atoms with Crippen molar-refractivity contribution >= 4 is 55.4 Å². The highest BCUT2D eigenvalue weighted by Crippen LogP contribution is 2.21. The molecule has 0 aliphatic rings. The van der Waals surface area contributed by atoms with Crippen molar-refractivity contribution in [2.24, 2.45) is 7.05 Å². The maximum absolute atomic E-state index is 12.5. The summed E-state index contributed by atoms with van der Waals surface area (Å²) >= 11 is 6.30. The number of nitrogens with zero attached hydrogens (tertiary/aromatic N) is 4. The second kappa shape index (κ2) is 8.63. The number of aromatic nitrogens is 4. The van der Waals surface area contributed by atoms with Gasteiger partial charge in [0.05, 0.1) is 4.90 Å². The number of hydrogen-bond acceptors (Lipinski definition) is 8. The molecule has 152 valence electrons. The Labute approximate surface area is 176 Å². The second-order valence-corrected chi connectivity index (χ2v) is 8.89. The molecule has 3 rings (SSSR count). The normalized spacial score (nSPS) is 11.1. The number of hydrogen-bond donors (Lipinski definition) is 3. The van der Waals surface area contributed by atoms with Crippen LogP contribution in [0.25, 0.3) is 0 Å². The zero-order chi connectivity index (χ0) is 21.0. The van der Waals surface area contributed by atoms with Gasteiger partial charge in [-0.05, 0) is 49.0 Å². The van der Waals surface area contributed by atoms with Crippen molar-refractivity contribution < 1.29 is 13.2 Å². The van der Waals surface area contributed by atoms with Gasteiger partial charge in [0.15, 0.2) is 5.11 Å². The molecule has 0 saturated carbocycles. The second-order valence-electron chi connectivity index (χ2n) is 5.73. The Balaban J connectivity index is 1.62. The SMILES string of the molecule is CCc1nnc(NS(=O)(=O)c2ccc(NC(=S)NC(=O)c3ccnn3C)cc2)s1. The van der Waals surface area contributed by atoms with Gasteiger partial charge in [0.2, 0.25) is 5.13 Å². The first-order valence-corrected chi connectivity index (χ1v) is 11.0. The summed E-state index contributed by atoms with van der Waals surface area (Å²) in [7, 11) is -2.15. The third-order valence-corrected chi connectivity index (χ3v) is 6.37. The van der Waals surface area contributed by atoms with Gasteiger partial charge in [0.25, 0.3) is 15.9 Å². The average molecular weight is 452 g/mol. The lowest BCUT2D eigenvalue weighted by atomic mass is 10.3.